The molecule has 3 rings (SSSR count). The van der Waals surface area contributed by atoms with E-state index in [0.29, 0.717) is 12.4 Å². The van der Waals surface area contributed by atoms with E-state index in [0.717, 1.165) is 11.3 Å². The SMILES string of the molecule is CCn1ncnc1C(C)NS(=O)(=O)c1cccc(-c2ccnn2C)c1. The molecule has 2 heterocycles. The van der Waals surface area contributed by atoms with Gasteiger partial charge in [-0.2, -0.15) is 10.2 Å². The van der Waals surface area contributed by atoms with Crippen molar-refractivity contribution in [1.82, 2.24) is 29.3 Å². The molecule has 0 saturated heterocycles. The summed E-state index contributed by atoms with van der Waals surface area (Å²) in [5, 5.41) is 8.20. The third kappa shape index (κ3) is 3.47. The van der Waals surface area contributed by atoms with E-state index in [-0.39, 0.29) is 4.90 Å². The molecular formula is C16H20N6O2S. The number of benzene rings is 1. The molecule has 132 valence electrons. The molecular weight excluding hydrogens is 340 g/mol. The summed E-state index contributed by atoms with van der Waals surface area (Å²) in [6.45, 7) is 4.30. The first kappa shape index (κ1) is 17.3. The molecule has 0 aliphatic heterocycles. The Bertz CT molecular complexity index is 976. The average molecular weight is 360 g/mol. The highest BCUT2D eigenvalue weighted by Crippen LogP contribution is 2.23. The molecule has 2 aromatic heterocycles. The summed E-state index contributed by atoms with van der Waals surface area (Å²) in [6.07, 6.45) is 3.10. The highest BCUT2D eigenvalue weighted by Gasteiger charge is 2.22. The van der Waals surface area contributed by atoms with Crippen LogP contribution >= 0.6 is 0 Å². The Morgan fingerprint density at radius 3 is 2.72 bits per heavy atom. The van der Waals surface area contributed by atoms with E-state index in [9.17, 15) is 8.42 Å². The number of sulfonamides is 1. The lowest BCUT2D eigenvalue weighted by Gasteiger charge is -2.15. The van der Waals surface area contributed by atoms with E-state index in [1.54, 1.807) is 40.7 Å². The van der Waals surface area contributed by atoms with Crippen LogP contribution in [-0.2, 0) is 23.6 Å². The van der Waals surface area contributed by atoms with Gasteiger partial charge in [-0.3, -0.25) is 4.68 Å². The van der Waals surface area contributed by atoms with Gasteiger partial charge in [-0.05, 0) is 32.0 Å². The molecule has 1 atom stereocenters. The van der Waals surface area contributed by atoms with Crippen LogP contribution in [0.4, 0.5) is 0 Å². The lowest BCUT2D eigenvalue weighted by molar-refractivity contribution is 0.531. The first-order chi connectivity index (χ1) is 11.9. The van der Waals surface area contributed by atoms with Crippen molar-refractivity contribution in [3.8, 4) is 11.3 Å². The van der Waals surface area contributed by atoms with Crippen LogP contribution in [0.15, 0.2) is 47.8 Å². The third-order valence-electron chi connectivity index (χ3n) is 3.93. The lowest BCUT2D eigenvalue weighted by Crippen LogP contribution is -2.29. The lowest BCUT2D eigenvalue weighted by atomic mass is 10.1. The molecule has 0 aliphatic rings. The molecule has 8 nitrogen and oxygen atoms in total. The van der Waals surface area contributed by atoms with Crippen molar-refractivity contribution in [2.75, 3.05) is 0 Å². The van der Waals surface area contributed by atoms with Gasteiger partial charge >= 0.3 is 0 Å². The molecule has 1 N–H and O–H groups in total. The maximum atomic E-state index is 12.8. The van der Waals surface area contributed by atoms with Gasteiger partial charge in [0.25, 0.3) is 0 Å². The molecule has 0 saturated carbocycles. The van der Waals surface area contributed by atoms with Crippen molar-refractivity contribution in [3.05, 3.63) is 48.7 Å². The van der Waals surface area contributed by atoms with Gasteiger partial charge in [0.1, 0.15) is 12.2 Å². The Morgan fingerprint density at radius 2 is 2.04 bits per heavy atom. The highest BCUT2D eigenvalue weighted by molar-refractivity contribution is 7.89. The number of hydrogen-bond donors (Lipinski definition) is 1. The zero-order valence-electron chi connectivity index (χ0n) is 14.3. The Hall–Kier alpha value is -2.52. The maximum absolute atomic E-state index is 12.8. The Kier molecular flexibility index (Phi) is 4.69. The van der Waals surface area contributed by atoms with E-state index < -0.39 is 16.1 Å². The van der Waals surface area contributed by atoms with E-state index >= 15 is 0 Å². The summed E-state index contributed by atoms with van der Waals surface area (Å²) >= 11 is 0. The van der Waals surface area contributed by atoms with Crippen molar-refractivity contribution in [2.45, 2.75) is 31.3 Å². The molecule has 0 amide bonds. The van der Waals surface area contributed by atoms with Gasteiger partial charge in [0.15, 0.2) is 0 Å². The topological polar surface area (TPSA) is 94.7 Å². The summed E-state index contributed by atoms with van der Waals surface area (Å²) < 4.78 is 31.5. The average Bonchev–Trinajstić information content (AvgIpc) is 3.23. The van der Waals surface area contributed by atoms with Crippen LogP contribution in [-0.4, -0.2) is 33.0 Å². The van der Waals surface area contributed by atoms with E-state index in [2.05, 4.69) is 19.9 Å². The monoisotopic (exact) mass is 360 g/mol. The fourth-order valence-corrected chi connectivity index (χ4v) is 3.93. The second-order valence-corrected chi connectivity index (χ2v) is 7.36. The van der Waals surface area contributed by atoms with Gasteiger partial charge in [0.2, 0.25) is 10.0 Å². The normalized spacial score (nSPS) is 13.1. The van der Waals surface area contributed by atoms with Gasteiger partial charge in [-0.1, -0.05) is 12.1 Å². The molecule has 1 aromatic carbocycles. The van der Waals surface area contributed by atoms with Crippen LogP contribution in [0.1, 0.15) is 25.7 Å². The largest absolute Gasteiger partial charge is 0.268 e. The van der Waals surface area contributed by atoms with Crippen LogP contribution in [0.3, 0.4) is 0 Å². The second kappa shape index (κ2) is 6.77. The predicted octanol–water partition coefficient (Wildman–Crippen LogP) is 1.74. The van der Waals surface area contributed by atoms with Gasteiger partial charge < -0.3 is 0 Å². The first-order valence-electron chi connectivity index (χ1n) is 7.91. The quantitative estimate of drug-likeness (QED) is 0.722. The smallest absolute Gasteiger partial charge is 0.241 e. The van der Waals surface area contributed by atoms with Gasteiger partial charge in [0, 0.05) is 25.4 Å². The summed E-state index contributed by atoms with van der Waals surface area (Å²) in [4.78, 5) is 4.34. The zero-order chi connectivity index (χ0) is 18.0. The van der Waals surface area contributed by atoms with E-state index in [4.69, 9.17) is 0 Å². The predicted molar refractivity (Wildman–Crippen MR) is 93.1 cm³/mol. The summed E-state index contributed by atoms with van der Waals surface area (Å²) in [7, 11) is -1.88. The van der Waals surface area contributed by atoms with Crippen molar-refractivity contribution >= 4 is 10.0 Å². The number of hydrogen-bond acceptors (Lipinski definition) is 5. The van der Waals surface area contributed by atoms with Crippen molar-refractivity contribution in [3.63, 3.8) is 0 Å². The Labute approximate surface area is 146 Å². The van der Waals surface area contributed by atoms with Crippen LogP contribution in [0, 0.1) is 0 Å². The summed E-state index contributed by atoms with van der Waals surface area (Å²) in [6, 6.07) is 8.12. The highest BCUT2D eigenvalue weighted by atomic mass is 32.2. The summed E-state index contributed by atoms with van der Waals surface area (Å²) in [5.74, 6) is 0.578. The number of aromatic nitrogens is 5. The third-order valence-corrected chi connectivity index (χ3v) is 5.46. The minimum Gasteiger partial charge on any atom is -0.268 e. The zero-order valence-corrected chi connectivity index (χ0v) is 15.1. The molecule has 25 heavy (non-hydrogen) atoms. The maximum Gasteiger partial charge on any atom is 0.241 e. The molecule has 0 spiro atoms. The Balaban J connectivity index is 1.89. The number of aryl methyl sites for hydroxylation is 2. The second-order valence-electron chi connectivity index (χ2n) is 5.64. The Morgan fingerprint density at radius 1 is 1.24 bits per heavy atom. The molecule has 0 fully saturated rings. The van der Waals surface area contributed by atoms with Crippen molar-refractivity contribution < 1.29 is 8.42 Å². The molecule has 3 aromatic rings. The van der Waals surface area contributed by atoms with Gasteiger partial charge in [-0.25, -0.2) is 22.8 Å². The minimum absolute atomic E-state index is 0.195. The fourth-order valence-electron chi connectivity index (χ4n) is 2.69. The molecule has 0 aliphatic carbocycles. The molecule has 0 radical (unpaired) electrons. The van der Waals surface area contributed by atoms with Crippen LogP contribution in [0.2, 0.25) is 0 Å². The van der Waals surface area contributed by atoms with E-state index in [1.807, 2.05) is 26.1 Å². The van der Waals surface area contributed by atoms with Crippen molar-refractivity contribution in [1.29, 1.82) is 0 Å². The van der Waals surface area contributed by atoms with Gasteiger partial charge in [-0.15, -0.1) is 0 Å². The fraction of sp³-hybridized carbons (Fsp3) is 0.312. The van der Waals surface area contributed by atoms with Crippen molar-refractivity contribution in [2.24, 2.45) is 7.05 Å². The van der Waals surface area contributed by atoms with Crippen LogP contribution in [0.25, 0.3) is 11.3 Å². The van der Waals surface area contributed by atoms with Gasteiger partial charge in [0.05, 0.1) is 16.6 Å². The van der Waals surface area contributed by atoms with E-state index in [1.165, 1.54) is 6.33 Å². The summed E-state index contributed by atoms with van der Waals surface area (Å²) in [5.41, 5.74) is 1.63. The first-order valence-corrected chi connectivity index (χ1v) is 9.39. The standard InChI is InChI=1S/C16H20N6O2S/c1-4-22-16(17-11-19-22)12(2)20-25(23,24)14-7-5-6-13(10-14)15-8-9-18-21(15)3/h5-12,20H,4H2,1-3H3. The van der Waals surface area contributed by atoms with Crippen LogP contribution < -0.4 is 4.72 Å². The number of nitrogens with one attached hydrogen (secondary N) is 1. The number of rotatable bonds is 6. The number of nitrogens with zero attached hydrogens (tertiary/aromatic N) is 5. The minimum atomic E-state index is -3.70. The van der Waals surface area contributed by atoms with Crippen LogP contribution in [0.5, 0.6) is 0 Å². The molecule has 0 bridgehead atoms. The molecule has 1 unspecified atom stereocenters. The molecule has 9 heteroatoms.